The van der Waals surface area contributed by atoms with Crippen LogP contribution >= 0.6 is 0 Å². The Balaban J connectivity index is 2.02. The second-order valence-electron chi connectivity index (χ2n) is 6.14. The van der Waals surface area contributed by atoms with Gasteiger partial charge in [-0.2, -0.15) is 0 Å². The maximum absolute atomic E-state index is 12.6. The monoisotopic (exact) mass is 338 g/mol. The number of hydrogen-bond acceptors (Lipinski definition) is 3. The Morgan fingerprint density at radius 3 is 2.57 bits per heavy atom. The molecular weight excluding hydrogens is 312 g/mol. The van der Waals surface area contributed by atoms with Crippen molar-refractivity contribution in [3.05, 3.63) is 34.9 Å². The van der Waals surface area contributed by atoms with Crippen molar-refractivity contribution in [2.75, 3.05) is 31.9 Å². The Bertz CT molecular complexity index is 670. The van der Waals surface area contributed by atoms with Gasteiger partial charge in [0.25, 0.3) is 0 Å². The van der Waals surface area contributed by atoms with Crippen molar-refractivity contribution in [2.45, 2.75) is 33.6 Å². The standard InChI is InChI=1S/C17H26N2O3S/c1-4-23(21,22)19-9-5-8-18(10-11-19)17(20)13-16-12-14(2)6-7-15(16)3/h6-7,12H,4-5,8-11,13H2,1-3H3. The van der Waals surface area contributed by atoms with Crippen molar-refractivity contribution in [3.8, 4) is 0 Å². The van der Waals surface area contributed by atoms with E-state index in [1.165, 1.54) is 4.31 Å². The molecule has 0 spiro atoms. The smallest absolute Gasteiger partial charge is 0.227 e. The van der Waals surface area contributed by atoms with Gasteiger partial charge in [-0.05, 0) is 38.3 Å². The normalized spacial score (nSPS) is 17.1. The highest BCUT2D eigenvalue weighted by atomic mass is 32.2. The first-order valence-electron chi connectivity index (χ1n) is 8.15. The van der Waals surface area contributed by atoms with E-state index in [9.17, 15) is 13.2 Å². The van der Waals surface area contributed by atoms with Crippen molar-refractivity contribution in [1.82, 2.24) is 9.21 Å². The van der Waals surface area contributed by atoms with Crippen LogP contribution in [0.5, 0.6) is 0 Å². The van der Waals surface area contributed by atoms with E-state index in [-0.39, 0.29) is 11.7 Å². The quantitative estimate of drug-likeness (QED) is 0.840. The van der Waals surface area contributed by atoms with E-state index >= 15 is 0 Å². The summed E-state index contributed by atoms with van der Waals surface area (Å²) in [6.07, 6.45) is 1.08. The minimum absolute atomic E-state index is 0.0782. The molecule has 0 aromatic heterocycles. The summed E-state index contributed by atoms with van der Waals surface area (Å²) in [6.45, 7) is 7.69. The number of aryl methyl sites for hydroxylation is 2. The topological polar surface area (TPSA) is 57.7 Å². The second kappa shape index (κ2) is 7.45. The lowest BCUT2D eigenvalue weighted by Gasteiger charge is -2.22. The molecule has 0 bridgehead atoms. The van der Waals surface area contributed by atoms with Gasteiger partial charge in [-0.15, -0.1) is 0 Å². The van der Waals surface area contributed by atoms with E-state index in [0.717, 1.165) is 16.7 Å². The fourth-order valence-electron chi connectivity index (χ4n) is 2.87. The third-order valence-electron chi connectivity index (χ3n) is 4.41. The van der Waals surface area contributed by atoms with Gasteiger partial charge >= 0.3 is 0 Å². The van der Waals surface area contributed by atoms with Gasteiger partial charge in [0.2, 0.25) is 15.9 Å². The third-order valence-corrected chi connectivity index (χ3v) is 6.29. The van der Waals surface area contributed by atoms with Crippen LogP contribution in [0.1, 0.15) is 30.0 Å². The Kier molecular flexibility index (Phi) is 5.81. The van der Waals surface area contributed by atoms with Crippen LogP contribution in [0.15, 0.2) is 18.2 Å². The van der Waals surface area contributed by atoms with Gasteiger partial charge in [0.05, 0.1) is 12.2 Å². The molecule has 1 amide bonds. The molecule has 1 fully saturated rings. The maximum atomic E-state index is 12.6. The fraction of sp³-hybridized carbons (Fsp3) is 0.588. The largest absolute Gasteiger partial charge is 0.341 e. The summed E-state index contributed by atoms with van der Waals surface area (Å²) in [5, 5.41) is 0. The molecule has 0 N–H and O–H groups in total. The first-order valence-corrected chi connectivity index (χ1v) is 9.76. The number of amides is 1. The zero-order valence-electron chi connectivity index (χ0n) is 14.2. The van der Waals surface area contributed by atoms with Crippen LogP contribution in [-0.2, 0) is 21.2 Å². The van der Waals surface area contributed by atoms with Crippen molar-refractivity contribution in [3.63, 3.8) is 0 Å². The molecule has 1 saturated heterocycles. The van der Waals surface area contributed by atoms with E-state index in [4.69, 9.17) is 0 Å². The molecule has 1 aliphatic rings. The van der Waals surface area contributed by atoms with Crippen LogP contribution in [-0.4, -0.2) is 55.5 Å². The molecule has 23 heavy (non-hydrogen) atoms. The molecule has 0 unspecified atom stereocenters. The number of carbonyl (C=O) groups is 1. The predicted octanol–water partition coefficient (Wildman–Crippen LogP) is 1.73. The second-order valence-corrected chi connectivity index (χ2v) is 8.40. The highest BCUT2D eigenvalue weighted by molar-refractivity contribution is 7.89. The molecule has 1 aromatic rings. The predicted molar refractivity (Wildman–Crippen MR) is 91.9 cm³/mol. The molecule has 1 heterocycles. The lowest BCUT2D eigenvalue weighted by atomic mass is 10.0. The zero-order chi connectivity index (χ0) is 17.0. The van der Waals surface area contributed by atoms with Gasteiger partial charge in [0, 0.05) is 26.2 Å². The highest BCUT2D eigenvalue weighted by Crippen LogP contribution is 2.14. The average molecular weight is 338 g/mol. The van der Waals surface area contributed by atoms with Crippen molar-refractivity contribution >= 4 is 15.9 Å². The summed E-state index contributed by atoms with van der Waals surface area (Å²) in [5.74, 6) is 0.193. The first-order chi connectivity index (χ1) is 10.8. The fourth-order valence-corrected chi connectivity index (χ4v) is 4.00. The molecule has 6 heteroatoms. The molecule has 0 aliphatic carbocycles. The van der Waals surface area contributed by atoms with E-state index in [0.29, 0.717) is 39.0 Å². The number of sulfonamides is 1. The summed E-state index contributed by atoms with van der Waals surface area (Å²) >= 11 is 0. The van der Waals surface area contributed by atoms with Crippen LogP contribution in [0, 0.1) is 13.8 Å². The van der Waals surface area contributed by atoms with Gasteiger partial charge in [0.15, 0.2) is 0 Å². The molecule has 128 valence electrons. The number of hydrogen-bond donors (Lipinski definition) is 0. The van der Waals surface area contributed by atoms with Gasteiger partial charge in [-0.1, -0.05) is 23.8 Å². The van der Waals surface area contributed by atoms with Crippen LogP contribution in [0.4, 0.5) is 0 Å². The van der Waals surface area contributed by atoms with E-state index in [2.05, 4.69) is 6.07 Å². The van der Waals surface area contributed by atoms with Crippen molar-refractivity contribution in [2.24, 2.45) is 0 Å². The summed E-state index contributed by atoms with van der Waals surface area (Å²) in [5.41, 5.74) is 3.32. The van der Waals surface area contributed by atoms with Gasteiger partial charge < -0.3 is 4.90 Å². The van der Waals surface area contributed by atoms with Crippen LogP contribution < -0.4 is 0 Å². The molecule has 0 radical (unpaired) electrons. The first kappa shape index (κ1) is 17.9. The summed E-state index contributed by atoms with van der Waals surface area (Å²) < 4.78 is 25.5. The van der Waals surface area contributed by atoms with Gasteiger partial charge in [-0.25, -0.2) is 12.7 Å². The van der Waals surface area contributed by atoms with Crippen molar-refractivity contribution < 1.29 is 13.2 Å². The Hall–Kier alpha value is -1.40. The lowest BCUT2D eigenvalue weighted by molar-refractivity contribution is -0.130. The summed E-state index contributed by atoms with van der Waals surface area (Å²) in [7, 11) is -3.17. The molecule has 5 nitrogen and oxygen atoms in total. The average Bonchev–Trinajstić information content (AvgIpc) is 2.77. The molecule has 1 aliphatic heterocycles. The minimum Gasteiger partial charge on any atom is -0.341 e. The molecule has 2 rings (SSSR count). The lowest BCUT2D eigenvalue weighted by Crippen LogP contribution is -2.38. The number of carbonyl (C=O) groups excluding carboxylic acids is 1. The number of rotatable bonds is 4. The number of benzene rings is 1. The SMILES string of the molecule is CCS(=O)(=O)N1CCCN(C(=O)Cc2cc(C)ccc2C)CC1. The van der Waals surface area contributed by atoms with E-state index < -0.39 is 10.0 Å². The third kappa shape index (κ3) is 4.54. The minimum atomic E-state index is -3.17. The Labute approximate surface area is 139 Å². The Morgan fingerprint density at radius 1 is 1.13 bits per heavy atom. The summed E-state index contributed by atoms with van der Waals surface area (Å²) in [6, 6.07) is 6.14. The molecule has 1 aromatic carbocycles. The number of nitrogens with zero attached hydrogens (tertiary/aromatic N) is 2. The van der Waals surface area contributed by atoms with Crippen LogP contribution in [0.3, 0.4) is 0 Å². The molecule has 0 atom stereocenters. The van der Waals surface area contributed by atoms with Gasteiger partial charge in [-0.3, -0.25) is 4.79 Å². The van der Waals surface area contributed by atoms with Crippen LogP contribution in [0.2, 0.25) is 0 Å². The van der Waals surface area contributed by atoms with Crippen LogP contribution in [0.25, 0.3) is 0 Å². The molecular formula is C17H26N2O3S. The highest BCUT2D eigenvalue weighted by Gasteiger charge is 2.25. The Morgan fingerprint density at radius 2 is 1.87 bits per heavy atom. The molecule has 0 saturated carbocycles. The zero-order valence-corrected chi connectivity index (χ0v) is 15.0. The maximum Gasteiger partial charge on any atom is 0.227 e. The van der Waals surface area contributed by atoms with E-state index in [1.54, 1.807) is 11.8 Å². The van der Waals surface area contributed by atoms with Gasteiger partial charge in [0.1, 0.15) is 0 Å². The van der Waals surface area contributed by atoms with Crippen molar-refractivity contribution in [1.29, 1.82) is 0 Å². The van der Waals surface area contributed by atoms with E-state index in [1.807, 2.05) is 26.0 Å². The summed E-state index contributed by atoms with van der Waals surface area (Å²) in [4.78, 5) is 14.4.